The van der Waals surface area contributed by atoms with Crippen molar-refractivity contribution in [2.45, 2.75) is 25.5 Å². The largest absolute Gasteiger partial charge is 0.493 e. The van der Waals surface area contributed by atoms with Gasteiger partial charge in [0.05, 0.1) is 20.5 Å². The van der Waals surface area contributed by atoms with Gasteiger partial charge in [-0.3, -0.25) is 4.57 Å². The number of methoxy groups -OCH3 is 2. The van der Waals surface area contributed by atoms with Gasteiger partial charge < -0.3 is 19.5 Å². The molecule has 1 aromatic carbocycles. The van der Waals surface area contributed by atoms with E-state index in [2.05, 4.69) is 42.9 Å². The Kier molecular flexibility index (Phi) is 5.30. The van der Waals surface area contributed by atoms with E-state index in [1.165, 1.54) is 0 Å². The second-order valence-corrected chi connectivity index (χ2v) is 7.15. The molecular formula is C18H20IN5O3. The van der Waals surface area contributed by atoms with Crippen molar-refractivity contribution in [2.75, 3.05) is 26.1 Å². The van der Waals surface area contributed by atoms with E-state index >= 15 is 0 Å². The van der Waals surface area contributed by atoms with Gasteiger partial charge >= 0.3 is 0 Å². The summed E-state index contributed by atoms with van der Waals surface area (Å²) in [5.74, 6) is 1.96. The van der Waals surface area contributed by atoms with E-state index in [0.29, 0.717) is 26.7 Å². The molecule has 0 amide bonds. The lowest BCUT2D eigenvalue weighted by Crippen LogP contribution is -2.18. The van der Waals surface area contributed by atoms with Crippen LogP contribution in [0.2, 0.25) is 0 Å². The number of aromatic nitrogens is 4. The van der Waals surface area contributed by atoms with Gasteiger partial charge in [-0.1, -0.05) is 0 Å². The van der Waals surface area contributed by atoms with Crippen LogP contribution in [0.1, 0.15) is 25.5 Å². The third kappa shape index (κ3) is 3.65. The highest BCUT2D eigenvalue weighted by atomic mass is 127. The van der Waals surface area contributed by atoms with Gasteiger partial charge in [0.1, 0.15) is 6.23 Å². The fourth-order valence-corrected chi connectivity index (χ4v) is 3.65. The summed E-state index contributed by atoms with van der Waals surface area (Å²) >= 11 is 2.12. The fourth-order valence-electron chi connectivity index (χ4n) is 3.18. The monoisotopic (exact) mass is 481 g/mol. The van der Waals surface area contributed by atoms with E-state index in [9.17, 15) is 0 Å². The molecule has 1 aliphatic heterocycles. The number of imidazole rings is 1. The van der Waals surface area contributed by atoms with E-state index in [4.69, 9.17) is 14.2 Å². The van der Waals surface area contributed by atoms with Crippen molar-refractivity contribution in [2.24, 2.45) is 0 Å². The number of nitrogens with zero attached hydrogens (tertiary/aromatic N) is 4. The zero-order valence-electron chi connectivity index (χ0n) is 15.1. The topological polar surface area (TPSA) is 83.3 Å². The molecule has 9 heteroatoms. The Labute approximate surface area is 170 Å². The number of anilines is 2. The minimum atomic E-state index is -0.0246. The number of nitrogens with one attached hydrogen (secondary N) is 1. The fraction of sp³-hybridized carbons (Fsp3) is 0.389. The molecule has 1 unspecified atom stereocenters. The van der Waals surface area contributed by atoms with Crippen LogP contribution in [0.5, 0.6) is 11.5 Å². The second kappa shape index (κ2) is 7.85. The normalized spacial score (nSPS) is 17.1. The van der Waals surface area contributed by atoms with Crippen LogP contribution in [-0.4, -0.2) is 40.3 Å². The highest BCUT2D eigenvalue weighted by Gasteiger charge is 2.21. The molecule has 1 aliphatic rings. The molecular weight excluding hydrogens is 461 g/mol. The zero-order valence-corrected chi connectivity index (χ0v) is 17.3. The summed E-state index contributed by atoms with van der Waals surface area (Å²) in [6.07, 6.45) is 4.96. The molecule has 0 spiro atoms. The summed E-state index contributed by atoms with van der Waals surface area (Å²) in [6, 6.07) is 5.61. The first-order chi connectivity index (χ1) is 13.2. The van der Waals surface area contributed by atoms with Crippen molar-refractivity contribution in [1.29, 1.82) is 0 Å². The molecule has 3 heterocycles. The van der Waals surface area contributed by atoms with Gasteiger partial charge in [0.25, 0.3) is 0 Å². The smallest absolute Gasteiger partial charge is 0.194 e. The lowest BCUT2D eigenvalue weighted by atomic mass is 10.2. The Morgan fingerprint density at radius 1 is 1.19 bits per heavy atom. The summed E-state index contributed by atoms with van der Waals surface area (Å²) in [5.41, 5.74) is 2.30. The van der Waals surface area contributed by atoms with Crippen molar-refractivity contribution in [3.8, 4) is 11.5 Å². The lowest BCUT2D eigenvalue weighted by Gasteiger charge is -2.23. The predicted octanol–water partition coefficient (Wildman–Crippen LogP) is 3.89. The summed E-state index contributed by atoms with van der Waals surface area (Å²) in [6.45, 7) is 0.767. The third-order valence-electron chi connectivity index (χ3n) is 4.51. The Bertz CT molecular complexity index is 956. The van der Waals surface area contributed by atoms with Crippen molar-refractivity contribution in [3.05, 3.63) is 28.4 Å². The van der Waals surface area contributed by atoms with Crippen LogP contribution in [0.4, 0.5) is 11.5 Å². The van der Waals surface area contributed by atoms with Gasteiger partial charge in [0.15, 0.2) is 32.3 Å². The van der Waals surface area contributed by atoms with Crippen molar-refractivity contribution in [1.82, 2.24) is 19.5 Å². The summed E-state index contributed by atoms with van der Waals surface area (Å²) in [5, 5.41) is 3.32. The minimum Gasteiger partial charge on any atom is -0.493 e. The molecule has 2 aromatic heterocycles. The molecule has 1 saturated heterocycles. The number of rotatable bonds is 5. The van der Waals surface area contributed by atoms with Crippen molar-refractivity contribution in [3.63, 3.8) is 0 Å². The number of hydrogen-bond acceptors (Lipinski definition) is 7. The van der Waals surface area contributed by atoms with Crippen LogP contribution in [0.25, 0.3) is 11.2 Å². The van der Waals surface area contributed by atoms with Crippen LogP contribution in [-0.2, 0) is 4.74 Å². The molecule has 0 aliphatic carbocycles. The highest BCUT2D eigenvalue weighted by molar-refractivity contribution is 14.1. The molecule has 8 nitrogen and oxygen atoms in total. The Morgan fingerprint density at radius 3 is 2.78 bits per heavy atom. The highest BCUT2D eigenvalue weighted by Crippen LogP contribution is 2.33. The number of fused-ring (bicyclic) bond motifs is 1. The van der Waals surface area contributed by atoms with E-state index in [0.717, 1.165) is 37.2 Å². The Morgan fingerprint density at radius 2 is 2.04 bits per heavy atom. The standard InChI is InChI=1S/C18H20IN5O3/c1-25-12-7-6-11(9-13(12)26-2)21-16-15-17(23-18(19)22-16)24(10-20-15)14-5-3-4-8-27-14/h6-7,9-10,14H,3-5,8H2,1-2H3,(H,21,22,23). The SMILES string of the molecule is COc1ccc(Nc2nc(I)nc3c2ncn3C2CCCCO2)cc1OC. The van der Waals surface area contributed by atoms with Crippen molar-refractivity contribution >= 4 is 45.3 Å². The molecule has 1 atom stereocenters. The average molecular weight is 481 g/mol. The molecule has 142 valence electrons. The van der Waals surface area contributed by atoms with Crippen LogP contribution in [0.15, 0.2) is 24.5 Å². The molecule has 1 N–H and O–H groups in total. The first-order valence-corrected chi connectivity index (χ1v) is 9.78. The molecule has 27 heavy (non-hydrogen) atoms. The van der Waals surface area contributed by atoms with Gasteiger partial charge in [-0.2, -0.15) is 0 Å². The Balaban J connectivity index is 1.71. The Hall–Kier alpha value is -2.14. The van der Waals surface area contributed by atoms with Gasteiger partial charge in [-0.05, 0) is 31.4 Å². The maximum absolute atomic E-state index is 5.89. The van der Waals surface area contributed by atoms with Gasteiger partial charge in [-0.25, -0.2) is 15.0 Å². The number of ether oxygens (including phenoxy) is 3. The quantitative estimate of drug-likeness (QED) is 0.438. The van der Waals surface area contributed by atoms with E-state index in [1.54, 1.807) is 20.5 Å². The predicted molar refractivity (Wildman–Crippen MR) is 110 cm³/mol. The van der Waals surface area contributed by atoms with Crippen molar-refractivity contribution < 1.29 is 14.2 Å². The number of benzene rings is 1. The van der Waals surface area contributed by atoms with Gasteiger partial charge in [0.2, 0.25) is 0 Å². The number of hydrogen-bond donors (Lipinski definition) is 1. The summed E-state index contributed by atoms with van der Waals surface area (Å²) in [4.78, 5) is 13.7. The zero-order chi connectivity index (χ0) is 18.8. The van der Waals surface area contributed by atoms with Crippen LogP contribution < -0.4 is 14.8 Å². The summed E-state index contributed by atoms with van der Waals surface area (Å²) < 4.78 is 19.2. The summed E-state index contributed by atoms with van der Waals surface area (Å²) in [7, 11) is 3.22. The maximum Gasteiger partial charge on any atom is 0.194 e. The number of halogens is 1. The van der Waals surface area contributed by atoms with E-state index < -0.39 is 0 Å². The van der Waals surface area contributed by atoms with Gasteiger partial charge in [-0.15, -0.1) is 0 Å². The van der Waals surface area contributed by atoms with Crippen LogP contribution >= 0.6 is 22.6 Å². The maximum atomic E-state index is 5.89. The minimum absolute atomic E-state index is 0.0246. The molecule has 4 rings (SSSR count). The molecule has 0 saturated carbocycles. The lowest BCUT2D eigenvalue weighted by molar-refractivity contribution is -0.0298. The molecule has 3 aromatic rings. The first-order valence-electron chi connectivity index (χ1n) is 8.70. The van der Waals surface area contributed by atoms with E-state index in [-0.39, 0.29) is 6.23 Å². The molecule has 0 bridgehead atoms. The van der Waals surface area contributed by atoms with E-state index in [1.807, 2.05) is 22.8 Å². The average Bonchev–Trinajstić information content (AvgIpc) is 3.12. The van der Waals surface area contributed by atoms with Gasteiger partial charge in [0, 0.05) is 41.0 Å². The molecule has 0 radical (unpaired) electrons. The molecule has 1 fully saturated rings. The third-order valence-corrected chi connectivity index (χ3v) is 4.99. The van der Waals surface area contributed by atoms with Crippen LogP contribution in [0, 0.1) is 3.83 Å². The van der Waals surface area contributed by atoms with Crippen LogP contribution in [0.3, 0.4) is 0 Å². The second-order valence-electron chi connectivity index (χ2n) is 6.18. The first kappa shape index (κ1) is 18.2.